The van der Waals surface area contributed by atoms with Gasteiger partial charge in [-0.15, -0.1) is 0 Å². The molecule has 3 rings (SSSR count). The Balaban J connectivity index is 1.83. The van der Waals surface area contributed by atoms with Crippen LogP contribution in [0.2, 0.25) is 0 Å². The number of rotatable bonds is 4. The van der Waals surface area contributed by atoms with E-state index in [0.29, 0.717) is 20.0 Å². The number of amides is 1. The lowest BCUT2D eigenvalue weighted by atomic mass is 9.95. The number of benzene rings is 2. The zero-order chi connectivity index (χ0) is 17.1. The van der Waals surface area contributed by atoms with Crippen LogP contribution in [0.15, 0.2) is 54.6 Å². The molecule has 2 aromatic carbocycles. The summed E-state index contributed by atoms with van der Waals surface area (Å²) in [4.78, 5) is 24.0. The van der Waals surface area contributed by atoms with E-state index in [1.54, 1.807) is 6.08 Å². The first-order valence-electron chi connectivity index (χ1n) is 7.97. The molecule has 2 unspecified atom stereocenters. The van der Waals surface area contributed by atoms with Crippen LogP contribution in [-0.4, -0.2) is 17.3 Å². The zero-order valence-electron chi connectivity index (χ0n) is 13.8. The maximum atomic E-state index is 12.8. The molecular weight excluding hydrogens is 317 g/mol. The summed E-state index contributed by atoms with van der Waals surface area (Å²) in [6, 6.07) is 13.7. The van der Waals surface area contributed by atoms with Crippen molar-refractivity contribution >= 4 is 20.4 Å². The summed E-state index contributed by atoms with van der Waals surface area (Å²) in [5.41, 5.74) is 5.02. The molecule has 24 heavy (non-hydrogen) atoms. The summed E-state index contributed by atoms with van der Waals surface area (Å²) in [6.45, 7) is 3.98. The maximum Gasteiger partial charge on any atom is 0.246 e. The molecule has 0 radical (unpaired) electrons. The Kier molecular flexibility index (Phi) is 4.92. The maximum absolute atomic E-state index is 12.8. The zero-order valence-corrected chi connectivity index (χ0v) is 14.8. The standard InChI is InChI=1S/C20H20NO2P/c1-13-3-7-16(8-4-13)20(23)18-12-15(6-5-14(18)2)11-17-9-10-19(22)21-24-17/h3-10,12,17,24H,11H2,1-2H3,(H,21,22). The minimum Gasteiger partial charge on any atom is -0.334 e. The van der Waals surface area contributed by atoms with Crippen LogP contribution in [0.4, 0.5) is 0 Å². The van der Waals surface area contributed by atoms with E-state index in [9.17, 15) is 9.59 Å². The van der Waals surface area contributed by atoms with Gasteiger partial charge < -0.3 is 5.09 Å². The molecule has 4 heteroatoms. The summed E-state index contributed by atoms with van der Waals surface area (Å²) in [5, 5.41) is 2.87. The molecule has 1 heterocycles. The lowest BCUT2D eigenvalue weighted by Crippen LogP contribution is -2.21. The van der Waals surface area contributed by atoms with E-state index < -0.39 is 0 Å². The summed E-state index contributed by atoms with van der Waals surface area (Å²) < 4.78 is 0. The Bertz CT molecular complexity index is 809. The van der Waals surface area contributed by atoms with Crippen LogP contribution < -0.4 is 5.09 Å². The number of hydrogen-bond acceptors (Lipinski definition) is 2. The molecule has 0 saturated heterocycles. The fourth-order valence-electron chi connectivity index (χ4n) is 2.73. The monoisotopic (exact) mass is 337 g/mol. The van der Waals surface area contributed by atoms with E-state index in [-0.39, 0.29) is 11.7 Å². The van der Waals surface area contributed by atoms with Crippen LogP contribution >= 0.6 is 8.73 Å². The Hall–Kier alpha value is -2.25. The van der Waals surface area contributed by atoms with Crippen molar-refractivity contribution in [3.8, 4) is 0 Å². The van der Waals surface area contributed by atoms with Gasteiger partial charge in [0.2, 0.25) is 5.91 Å². The van der Waals surface area contributed by atoms with Crippen molar-refractivity contribution in [2.75, 3.05) is 0 Å². The van der Waals surface area contributed by atoms with E-state index in [1.165, 1.54) is 0 Å². The summed E-state index contributed by atoms with van der Waals surface area (Å²) in [7, 11) is 0.387. The summed E-state index contributed by atoms with van der Waals surface area (Å²) >= 11 is 0. The fourth-order valence-corrected chi connectivity index (χ4v) is 3.67. The van der Waals surface area contributed by atoms with Crippen molar-refractivity contribution in [3.63, 3.8) is 0 Å². The first kappa shape index (κ1) is 16.6. The van der Waals surface area contributed by atoms with Gasteiger partial charge in [0.1, 0.15) is 0 Å². The molecule has 1 aliphatic rings. The van der Waals surface area contributed by atoms with E-state index >= 15 is 0 Å². The van der Waals surface area contributed by atoms with Crippen LogP contribution in [0.5, 0.6) is 0 Å². The van der Waals surface area contributed by atoms with E-state index in [0.717, 1.165) is 28.7 Å². The average Bonchev–Trinajstić information content (AvgIpc) is 2.59. The van der Waals surface area contributed by atoms with Crippen molar-refractivity contribution in [3.05, 3.63) is 82.4 Å². The van der Waals surface area contributed by atoms with Crippen molar-refractivity contribution < 1.29 is 9.59 Å². The molecule has 2 aromatic rings. The van der Waals surface area contributed by atoms with E-state index in [1.807, 2.05) is 56.3 Å². The first-order valence-corrected chi connectivity index (χ1v) is 9.05. The molecule has 0 bridgehead atoms. The largest absolute Gasteiger partial charge is 0.334 e. The number of hydrogen-bond donors (Lipinski definition) is 1. The highest BCUT2D eigenvalue weighted by Gasteiger charge is 2.16. The van der Waals surface area contributed by atoms with Crippen molar-refractivity contribution in [1.82, 2.24) is 5.09 Å². The smallest absolute Gasteiger partial charge is 0.246 e. The third-order valence-corrected chi connectivity index (χ3v) is 5.33. The number of allylic oxidation sites excluding steroid dienone is 1. The highest BCUT2D eigenvalue weighted by Crippen LogP contribution is 2.25. The fraction of sp³-hybridized carbons (Fsp3) is 0.200. The number of carbonyl (C=O) groups excluding carboxylic acids is 2. The SMILES string of the molecule is Cc1ccc(C(=O)c2cc(CC3C=CC(=O)NP3)ccc2C)cc1. The molecule has 0 saturated carbocycles. The van der Waals surface area contributed by atoms with Crippen molar-refractivity contribution in [1.29, 1.82) is 0 Å². The molecule has 122 valence electrons. The van der Waals surface area contributed by atoms with Gasteiger partial charge >= 0.3 is 0 Å². The molecule has 0 spiro atoms. The Labute approximate surface area is 144 Å². The van der Waals surface area contributed by atoms with E-state index in [4.69, 9.17) is 0 Å². The van der Waals surface area contributed by atoms with Gasteiger partial charge in [0.05, 0.1) is 0 Å². The second-order valence-corrected chi connectivity index (χ2v) is 7.43. The quantitative estimate of drug-likeness (QED) is 0.683. The predicted molar refractivity (Wildman–Crippen MR) is 98.9 cm³/mol. The van der Waals surface area contributed by atoms with E-state index in [2.05, 4.69) is 11.2 Å². The Morgan fingerprint density at radius 1 is 1.12 bits per heavy atom. The normalized spacial score (nSPS) is 17.8. The highest BCUT2D eigenvalue weighted by molar-refractivity contribution is 7.38. The average molecular weight is 337 g/mol. The molecule has 2 atom stereocenters. The molecule has 0 aliphatic carbocycles. The van der Waals surface area contributed by atoms with Gasteiger partial charge in [0, 0.05) is 16.8 Å². The van der Waals surface area contributed by atoms with Crippen LogP contribution in [0.3, 0.4) is 0 Å². The summed E-state index contributed by atoms with van der Waals surface area (Å²) in [5.74, 6) is 0.0352. The molecule has 1 N–H and O–H groups in total. The van der Waals surface area contributed by atoms with Gasteiger partial charge in [-0.1, -0.05) is 48.0 Å². The van der Waals surface area contributed by atoms with Crippen molar-refractivity contribution in [2.45, 2.75) is 25.9 Å². The van der Waals surface area contributed by atoms with Crippen LogP contribution in [0.1, 0.15) is 32.6 Å². The van der Waals surface area contributed by atoms with Gasteiger partial charge in [0.25, 0.3) is 0 Å². The Morgan fingerprint density at radius 3 is 2.54 bits per heavy atom. The first-order chi connectivity index (χ1) is 11.5. The third-order valence-electron chi connectivity index (χ3n) is 4.18. The molecular formula is C20H20NO2P. The van der Waals surface area contributed by atoms with Gasteiger partial charge in [0.15, 0.2) is 5.78 Å². The molecule has 1 amide bonds. The third kappa shape index (κ3) is 3.80. The van der Waals surface area contributed by atoms with Gasteiger partial charge in [-0.2, -0.15) is 0 Å². The predicted octanol–water partition coefficient (Wildman–Crippen LogP) is 3.73. The number of nitrogens with one attached hydrogen (secondary N) is 1. The lowest BCUT2D eigenvalue weighted by Gasteiger charge is -2.18. The summed E-state index contributed by atoms with van der Waals surface area (Å²) in [6.07, 6.45) is 4.37. The minimum absolute atomic E-state index is 0.0243. The molecule has 1 aliphatic heterocycles. The number of carbonyl (C=O) groups is 2. The topological polar surface area (TPSA) is 46.2 Å². The van der Waals surface area contributed by atoms with Crippen LogP contribution in [0, 0.1) is 13.8 Å². The number of aryl methyl sites for hydroxylation is 2. The van der Waals surface area contributed by atoms with Gasteiger partial charge in [-0.05, 0) is 52.3 Å². The van der Waals surface area contributed by atoms with Gasteiger partial charge in [-0.25, -0.2) is 0 Å². The highest BCUT2D eigenvalue weighted by atomic mass is 31.1. The number of ketones is 1. The Morgan fingerprint density at radius 2 is 1.88 bits per heavy atom. The molecule has 3 nitrogen and oxygen atoms in total. The minimum atomic E-state index is -0.0243. The lowest BCUT2D eigenvalue weighted by molar-refractivity contribution is -0.114. The second kappa shape index (κ2) is 7.11. The van der Waals surface area contributed by atoms with Crippen molar-refractivity contribution in [2.24, 2.45) is 0 Å². The second-order valence-electron chi connectivity index (χ2n) is 6.15. The van der Waals surface area contributed by atoms with Crippen LogP contribution in [0.25, 0.3) is 0 Å². The van der Waals surface area contributed by atoms with Crippen LogP contribution in [-0.2, 0) is 11.2 Å². The van der Waals surface area contributed by atoms with Gasteiger partial charge in [-0.3, -0.25) is 9.59 Å². The molecule has 0 fully saturated rings. The molecule has 0 aromatic heterocycles.